The smallest absolute Gasteiger partial charge is 0.296 e. The summed E-state index contributed by atoms with van der Waals surface area (Å²) in [5.41, 5.74) is -0.748. The van der Waals surface area contributed by atoms with E-state index in [1.165, 1.54) is 16.3 Å². The van der Waals surface area contributed by atoms with Gasteiger partial charge in [-0.25, -0.2) is 9.89 Å². The number of rotatable bonds is 6. The lowest BCUT2D eigenvalue weighted by Crippen LogP contribution is -2.51. The first-order valence-corrected chi connectivity index (χ1v) is 7.40. The highest BCUT2D eigenvalue weighted by Gasteiger charge is 2.46. The summed E-state index contributed by atoms with van der Waals surface area (Å²) in [5, 5.41) is 20.0. The van der Waals surface area contributed by atoms with Crippen LogP contribution in [-0.2, 0) is 7.05 Å². The van der Waals surface area contributed by atoms with Gasteiger partial charge in [0, 0.05) is 18.8 Å². The molecule has 0 spiro atoms. The van der Waals surface area contributed by atoms with Crippen LogP contribution in [0.15, 0.2) is 9.95 Å². The number of aromatic amines is 1. The number of nitrogens with zero attached hydrogens (tertiary/aromatic N) is 3. The lowest BCUT2D eigenvalue weighted by Gasteiger charge is -2.29. The molecule has 1 fully saturated rings. The molecule has 1 saturated carbocycles. The third-order valence-electron chi connectivity index (χ3n) is 3.29. The molecule has 1 unspecified atom stereocenters. The fourth-order valence-electron chi connectivity index (χ4n) is 2.16. The van der Waals surface area contributed by atoms with E-state index in [1.807, 2.05) is 13.8 Å². The number of hydrogen-bond donors (Lipinski definition) is 2. The molecule has 1 heterocycles. The van der Waals surface area contributed by atoms with E-state index in [9.17, 15) is 10.1 Å². The highest BCUT2D eigenvalue weighted by atomic mass is 32.2. The molecule has 2 rings (SSSR count). The third kappa shape index (κ3) is 3.01. The molecule has 0 radical (unpaired) electrons. The predicted octanol–water partition coefficient (Wildman–Crippen LogP) is 0.871. The summed E-state index contributed by atoms with van der Waals surface area (Å²) >= 11 is 1.45. The number of aromatic nitrogens is 3. The van der Waals surface area contributed by atoms with Gasteiger partial charge in [-0.1, -0.05) is 11.8 Å². The predicted molar refractivity (Wildman–Crippen MR) is 73.9 cm³/mol. The van der Waals surface area contributed by atoms with Crippen molar-refractivity contribution in [3.63, 3.8) is 0 Å². The van der Waals surface area contributed by atoms with Gasteiger partial charge in [-0.2, -0.15) is 5.26 Å². The molecule has 1 aromatic heterocycles. The number of hydrogen-bond acceptors (Lipinski definition) is 5. The highest BCUT2D eigenvalue weighted by Crippen LogP contribution is 2.42. The minimum absolute atomic E-state index is 0.228. The summed E-state index contributed by atoms with van der Waals surface area (Å²) in [7, 11) is 1.68. The van der Waals surface area contributed by atoms with Crippen LogP contribution in [0.25, 0.3) is 0 Å². The molecule has 0 saturated heterocycles. The van der Waals surface area contributed by atoms with Crippen LogP contribution in [-0.4, -0.2) is 32.1 Å². The van der Waals surface area contributed by atoms with Gasteiger partial charge in [0.05, 0.1) is 6.07 Å². The van der Waals surface area contributed by atoms with Crippen molar-refractivity contribution in [2.75, 3.05) is 5.75 Å². The lowest BCUT2D eigenvalue weighted by atomic mass is 9.96. The monoisotopic (exact) mass is 281 g/mol. The topological polar surface area (TPSA) is 86.5 Å². The highest BCUT2D eigenvalue weighted by molar-refractivity contribution is 7.99. The molecule has 2 N–H and O–H groups in total. The standard InChI is InChI=1S/C12H19N5OS/c1-8(2)14-12(6-13,9-4-5-9)7-19-11-16-15-10(18)17(11)3/h8-9,14H,4-5,7H2,1-3H3,(H,15,18). The van der Waals surface area contributed by atoms with Gasteiger partial charge in [0.1, 0.15) is 5.54 Å². The Labute approximate surface area is 116 Å². The van der Waals surface area contributed by atoms with Crippen LogP contribution in [0, 0.1) is 17.2 Å². The molecule has 1 atom stereocenters. The first kappa shape index (κ1) is 14.2. The van der Waals surface area contributed by atoms with Crippen molar-refractivity contribution in [1.82, 2.24) is 20.1 Å². The average molecular weight is 281 g/mol. The molecule has 0 aliphatic heterocycles. The summed E-state index contributed by atoms with van der Waals surface area (Å²) in [4.78, 5) is 11.3. The Balaban J connectivity index is 2.11. The zero-order chi connectivity index (χ0) is 14.0. The normalized spacial score (nSPS) is 18.3. The Morgan fingerprint density at radius 1 is 1.68 bits per heavy atom. The molecular formula is C12H19N5OS. The molecule has 0 bridgehead atoms. The third-order valence-corrected chi connectivity index (χ3v) is 4.51. The van der Waals surface area contributed by atoms with Crippen LogP contribution >= 0.6 is 11.8 Å². The number of thioether (sulfide) groups is 1. The van der Waals surface area contributed by atoms with E-state index in [4.69, 9.17) is 0 Å². The molecule has 1 aliphatic carbocycles. The van der Waals surface area contributed by atoms with Crippen LogP contribution in [0.2, 0.25) is 0 Å². The second-order valence-electron chi connectivity index (χ2n) is 5.32. The van der Waals surface area contributed by atoms with Crippen molar-refractivity contribution in [3.05, 3.63) is 10.5 Å². The van der Waals surface area contributed by atoms with Gasteiger partial charge in [0.2, 0.25) is 0 Å². The molecule has 6 nitrogen and oxygen atoms in total. The second-order valence-corrected chi connectivity index (χ2v) is 6.26. The summed E-state index contributed by atoms with van der Waals surface area (Å²) in [6, 6.07) is 2.70. The van der Waals surface area contributed by atoms with Gasteiger partial charge < -0.3 is 0 Å². The number of nitrogens with one attached hydrogen (secondary N) is 2. The quantitative estimate of drug-likeness (QED) is 0.756. The molecule has 0 amide bonds. The van der Waals surface area contributed by atoms with Crippen LogP contribution in [0.4, 0.5) is 0 Å². The largest absolute Gasteiger partial charge is 0.343 e. The van der Waals surface area contributed by atoms with E-state index in [1.54, 1.807) is 7.05 Å². The zero-order valence-corrected chi connectivity index (χ0v) is 12.3. The molecule has 7 heteroatoms. The second kappa shape index (κ2) is 5.39. The van der Waals surface area contributed by atoms with Gasteiger partial charge in [-0.05, 0) is 32.6 Å². The van der Waals surface area contributed by atoms with E-state index in [2.05, 4.69) is 21.6 Å². The maximum atomic E-state index is 11.3. The van der Waals surface area contributed by atoms with E-state index in [0.717, 1.165) is 12.8 Å². The Morgan fingerprint density at radius 3 is 2.79 bits per heavy atom. The van der Waals surface area contributed by atoms with Crippen LogP contribution in [0.5, 0.6) is 0 Å². The average Bonchev–Trinajstić information content (AvgIpc) is 3.16. The maximum absolute atomic E-state index is 11.3. The van der Waals surface area contributed by atoms with Crippen LogP contribution in [0.1, 0.15) is 26.7 Å². The van der Waals surface area contributed by atoms with Crippen molar-refractivity contribution in [3.8, 4) is 6.07 Å². The van der Waals surface area contributed by atoms with Crippen molar-refractivity contribution in [2.24, 2.45) is 13.0 Å². The number of nitriles is 1. The van der Waals surface area contributed by atoms with Crippen molar-refractivity contribution in [2.45, 2.75) is 43.4 Å². The minimum atomic E-state index is -0.520. The minimum Gasteiger partial charge on any atom is -0.296 e. The van der Waals surface area contributed by atoms with Crippen LogP contribution < -0.4 is 11.0 Å². The summed E-state index contributed by atoms with van der Waals surface area (Å²) in [5.74, 6) is 1.01. The van der Waals surface area contributed by atoms with Crippen molar-refractivity contribution >= 4 is 11.8 Å². The Kier molecular flexibility index (Phi) is 4.02. The van der Waals surface area contributed by atoms with E-state index < -0.39 is 5.54 Å². The van der Waals surface area contributed by atoms with Crippen LogP contribution in [0.3, 0.4) is 0 Å². The molecule has 0 aromatic carbocycles. The van der Waals surface area contributed by atoms with Crippen molar-refractivity contribution in [1.29, 1.82) is 5.26 Å². The molecule has 1 aromatic rings. The van der Waals surface area contributed by atoms with Gasteiger partial charge in [-0.15, -0.1) is 5.10 Å². The maximum Gasteiger partial charge on any atom is 0.343 e. The van der Waals surface area contributed by atoms with E-state index in [-0.39, 0.29) is 11.7 Å². The van der Waals surface area contributed by atoms with E-state index >= 15 is 0 Å². The SMILES string of the molecule is CC(C)NC(C#N)(CSc1n[nH]c(=O)n1C)C1CC1. The van der Waals surface area contributed by atoms with Gasteiger partial charge in [0.15, 0.2) is 5.16 Å². The first-order valence-electron chi connectivity index (χ1n) is 6.41. The molecule has 104 valence electrons. The fraction of sp³-hybridized carbons (Fsp3) is 0.750. The summed E-state index contributed by atoms with van der Waals surface area (Å²) in [6.07, 6.45) is 2.18. The Bertz CT molecular complexity index is 539. The fourth-order valence-corrected chi connectivity index (χ4v) is 3.29. The summed E-state index contributed by atoms with van der Waals surface area (Å²) < 4.78 is 1.47. The Hall–Kier alpha value is -1.26. The first-order chi connectivity index (χ1) is 8.98. The lowest BCUT2D eigenvalue weighted by molar-refractivity contribution is 0.370. The van der Waals surface area contributed by atoms with Gasteiger partial charge in [0.25, 0.3) is 0 Å². The van der Waals surface area contributed by atoms with E-state index in [0.29, 0.717) is 16.8 Å². The van der Waals surface area contributed by atoms with Gasteiger partial charge in [-0.3, -0.25) is 9.88 Å². The molecule has 1 aliphatic rings. The molecular weight excluding hydrogens is 262 g/mol. The zero-order valence-electron chi connectivity index (χ0n) is 11.4. The number of H-pyrrole nitrogens is 1. The van der Waals surface area contributed by atoms with Gasteiger partial charge >= 0.3 is 5.69 Å². The van der Waals surface area contributed by atoms with Crippen molar-refractivity contribution < 1.29 is 0 Å². The summed E-state index contributed by atoms with van der Waals surface area (Å²) in [6.45, 7) is 4.09. The molecule has 19 heavy (non-hydrogen) atoms. The Morgan fingerprint density at radius 2 is 2.37 bits per heavy atom.